The van der Waals surface area contributed by atoms with Gasteiger partial charge in [0.1, 0.15) is 0 Å². The molecule has 1 aliphatic heterocycles. The molecular formula is C17H23N3O2. The Morgan fingerprint density at radius 1 is 1.36 bits per heavy atom. The number of aliphatic hydroxyl groups is 1. The highest BCUT2D eigenvalue weighted by Crippen LogP contribution is 2.28. The molecule has 3 rings (SSSR count). The van der Waals surface area contributed by atoms with Gasteiger partial charge in [-0.3, -0.25) is 4.90 Å². The van der Waals surface area contributed by atoms with Crippen LogP contribution in [0, 0.1) is 5.92 Å². The van der Waals surface area contributed by atoms with Crippen molar-refractivity contribution in [3.8, 4) is 11.4 Å². The number of nitrogens with zero attached hydrogens (tertiary/aromatic N) is 3. The van der Waals surface area contributed by atoms with Crippen LogP contribution in [0.15, 0.2) is 34.9 Å². The fourth-order valence-corrected chi connectivity index (χ4v) is 3.13. The zero-order valence-electron chi connectivity index (χ0n) is 13.0. The van der Waals surface area contributed by atoms with E-state index in [9.17, 15) is 0 Å². The highest BCUT2D eigenvalue weighted by molar-refractivity contribution is 5.53. The van der Waals surface area contributed by atoms with Crippen molar-refractivity contribution in [2.75, 3.05) is 19.7 Å². The summed E-state index contributed by atoms with van der Waals surface area (Å²) >= 11 is 0. The summed E-state index contributed by atoms with van der Waals surface area (Å²) in [5.41, 5.74) is 0.974. The fourth-order valence-electron chi connectivity index (χ4n) is 3.13. The Balaban J connectivity index is 1.70. The number of hydrogen-bond acceptors (Lipinski definition) is 5. The second kappa shape index (κ2) is 7.03. The fraction of sp³-hybridized carbons (Fsp3) is 0.529. The molecule has 0 radical (unpaired) electrons. The molecule has 0 aliphatic carbocycles. The number of aromatic nitrogens is 2. The first-order valence-corrected chi connectivity index (χ1v) is 8.02. The minimum Gasteiger partial charge on any atom is -0.396 e. The molecule has 1 saturated heterocycles. The van der Waals surface area contributed by atoms with Crippen LogP contribution in [0.2, 0.25) is 0 Å². The Labute approximate surface area is 131 Å². The van der Waals surface area contributed by atoms with Crippen molar-refractivity contribution in [2.24, 2.45) is 5.92 Å². The summed E-state index contributed by atoms with van der Waals surface area (Å²) in [4.78, 5) is 6.94. The average Bonchev–Trinajstić information content (AvgIpc) is 3.05. The van der Waals surface area contributed by atoms with Crippen molar-refractivity contribution in [3.05, 3.63) is 36.2 Å². The van der Waals surface area contributed by atoms with Crippen LogP contribution in [0.5, 0.6) is 0 Å². The van der Waals surface area contributed by atoms with E-state index in [1.807, 2.05) is 30.3 Å². The molecule has 1 aromatic carbocycles. The van der Waals surface area contributed by atoms with Gasteiger partial charge in [-0.25, -0.2) is 0 Å². The normalized spacial score (nSPS) is 20.9. The van der Waals surface area contributed by atoms with E-state index in [2.05, 4.69) is 22.0 Å². The molecule has 0 bridgehead atoms. The van der Waals surface area contributed by atoms with Gasteiger partial charge in [0.05, 0.1) is 6.04 Å². The van der Waals surface area contributed by atoms with Crippen LogP contribution in [-0.2, 0) is 0 Å². The van der Waals surface area contributed by atoms with Crippen LogP contribution in [-0.4, -0.2) is 39.8 Å². The van der Waals surface area contributed by atoms with Crippen molar-refractivity contribution >= 4 is 0 Å². The molecule has 1 fully saturated rings. The quantitative estimate of drug-likeness (QED) is 0.920. The van der Waals surface area contributed by atoms with Gasteiger partial charge in [0.15, 0.2) is 0 Å². The maximum absolute atomic E-state index is 9.13. The lowest BCUT2D eigenvalue weighted by molar-refractivity contribution is 0.0982. The van der Waals surface area contributed by atoms with Crippen LogP contribution >= 0.6 is 0 Å². The second-order valence-corrected chi connectivity index (χ2v) is 6.01. The highest BCUT2D eigenvalue weighted by atomic mass is 16.5. The molecule has 0 spiro atoms. The van der Waals surface area contributed by atoms with Gasteiger partial charge in [-0.15, -0.1) is 0 Å². The SMILES string of the molecule is C[C@@H](c1nc(-c2ccccc2)no1)N1CCC[C@@H](CCO)C1. The predicted molar refractivity (Wildman–Crippen MR) is 84.1 cm³/mol. The summed E-state index contributed by atoms with van der Waals surface area (Å²) in [5, 5.41) is 13.2. The number of benzene rings is 1. The van der Waals surface area contributed by atoms with Crippen molar-refractivity contribution in [3.63, 3.8) is 0 Å². The Bertz CT molecular complexity index is 583. The van der Waals surface area contributed by atoms with Crippen molar-refractivity contribution in [1.82, 2.24) is 15.0 Å². The summed E-state index contributed by atoms with van der Waals surface area (Å²) in [5.74, 6) is 1.88. The average molecular weight is 301 g/mol. The monoisotopic (exact) mass is 301 g/mol. The minimum atomic E-state index is 0.117. The Morgan fingerprint density at radius 2 is 2.18 bits per heavy atom. The molecule has 118 valence electrons. The first-order valence-electron chi connectivity index (χ1n) is 8.02. The molecule has 1 N–H and O–H groups in total. The molecule has 2 atom stereocenters. The smallest absolute Gasteiger partial charge is 0.244 e. The lowest BCUT2D eigenvalue weighted by atomic mass is 9.94. The van der Waals surface area contributed by atoms with Gasteiger partial charge < -0.3 is 9.63 Å². The van der Waals surface area contributed by atoms with Gasteiger partial charge in [-0.2, -0.15) is 4.98 Å². The van der Waals surface area contributed by atoms with E-state index in [-0.39, 0.29) is 12.6 Å². The van der Waals surface area contributed by atoms with Gasteiger partial charge in [-0.05, 0) is 38.6 Å². The number of aliphatic hydroxyl groups excluding tert-OH is 1. The maximum Gasteiger partial charge on any atom is 0.244 e. The largest absolute Gasteiger partial charge is 0.396 e. The molecular weight excluding hydrogens is 278 g/mol. The standard InChI is InChI=1S/C17H23N3O2/c1-13(20-10-5-6-14(12-20)9-11-21)17-18-16(19-22-17)15-7-3-2-4-8-15/h2-4,7-8,13-14,21H,5-6,9-12H2,1H3/t13-,14-/m0/s1. The van der Waals surface area contributed by atoms with Crippen LogP contribution in [0.3, 0.4) is 0 Å². The molecule has 5 heteroatoms. The first kappa shape index (κ1) is 15.2. The van der Waals surface area contributed by atoms with Crippen molar-refractivity contribution in [2.45, 2.75) is 32.2 Å². The van der Waals surface area contributed by atoms with E-state index < -0.39 is 0 Å². The highest BCUT2D eigenvalue weighted by Gasteiger charge is 2.27. The third-order valence-corrected chi connectivity index (χ3v) is 4.47. The molecule has 0 unspecified atom stereocenters. The first-order chi connectivity index (χ1) is 10.8. The van der Waals surface area contributed by atoms with Gasteiger partial charge in [-0.1, -0.05) is 35.5 Å². The molecule has 1 aliphatic rings. The predicted octanol–water partition coefficient (Wildman–Crippen LogP) is 2.89. The van der Waals surface area contributed by atoms with Crippen LogP contribution in [0.25, 0.3) is 11.4 Å². The van der Waals surface area contributed by atoms with Gasteiger partial charge in [0.2, 0.25) is 11.7 Å². The molecule has 2 heterocycles. The number of hydrogen-bond donors (Lipinski definition) is 1. The van der Waals surface area contributed by atoms with Crippen LogP contribution in [0.4, 0.5) is 0 Å². The Hall–Kier alpha value is -1.72. The topological polar surface area (TPSA) is 62.4 Å². The zero-order chi connectivity index (χ0) is 15.4. The number of rotatable bonds is 5. The zero-order valence-corrected chi connectivity index (χ0v) is 13.0. The van der Waals surface area contributed by atoms with Crippen LogP contribution < -0.4 is 0 Å². The molecule has 0 amide bonds. The summed E-state index contributed by atoms with van der Waals surface area (Å²) in [6.07, 6.45) is 3.24. The molecule has 22 heavy (non-hydrogen) atoms. The molecule has 1 aromatic heterocycles. The van der Waals surface area contributed by atoms with Crippen molar-refractivity contribution in [1.29, 1.82) is 0 Å². The second-order valence-electron chi connectivity index (χ2n) is 6.01. The minimum absolute atomic E-state index is 0.117. The van der Waals surface area contributed by atoms with E-state index in [0.29, 0.717) is 17.6 Å². The van der Waals surface area contributed by atoms with E-state index >= 15 is 0 Å². The number of piperidine rings is 1. The van der Waals surface area contributed by atoms with E-state index in [4.69, 9.17) is 9.63 Å². The van der Waals surface area contributed by atoms with Crippen LogP contribution in [0.1, 0.15) is 38.1 Å². The van der Waals surface area contributed by atoms with Crippen molar-refractivity contribution < 1.29 is 9.63 Å². The van der Waals surface area contributed by atoms with Gasteiger partial charge in [0, 0.05) is 18.7 Å². The van der Waals surface area contributed by atoms with Gasteiger partial charge >= 0.3 is 0 Å². The van der Waals surface area contributed by atoms with E-state index in [1.165, 1.54) is 6.42 Å². The third kappa shape index (κ3) is 3.36. The molecule has 2 aromatic rings. The summed E-state index contributed by atoms with van der Waals surface area (Å²) < 4.78 is 5.48. The van der Waals surface area contributed by atoms with E-state index in [1.54, 1.807) is 0 Å². The summed E-state index contributed by atoms with van der Waals surface area (Å²) in [7, 11) is 0. The summed E-state index contributed by atoms with van der Waals surface area (Å²) in [6.45, 7) is 4.42. The maximum atomic E-state index is 9.13. The number of likely N-dealkylation sites (tertiary alicyclic amines) is 1. The lowest BCUT2D eigenvalue weighted by Gasteiger charge is -2.35. The molecule has 0 saturated carbocycles. The Morgan fingerprint density at radius 3 is 2.95 bits per heavy atom. The lowest BCUT2D eigenvalue weighted by Crippen LogP contribution is -2.37. The third-order valence-electron chi connectivity index (χ3n) is 4.47. The summed E-state index contributed by atoms with van der Waals surface area (Å²) in [6, 6.07) is 10.0. The molecule has 5 nitrogen and oxygen atoms in total. The van der Waals surface area contributed by atoms with E-state index in [0.717, 1.165) is 31.5 Å². The van der Waals surface area contributed by atoms with Gasteiger partial charge in [0.25, 0.3) is 0 Å². The Kier molecular flexibility index (Phi) is 4.85.